The van der Waals surface area contributed by atoms with Gasteiger partial charge in [0, 0.05) is 37.9 Å². The van der Waals surface area contributed by atoms with Gasteiger partial charge in [0.25, 0.3) is 0 Å². The molecule has 0 bridgehead atoms. The zero-order valence-electron chi connectivity index (χ0n) is 9.57. The van der Waals surface area contributed by atoms with E-state index in [1.807, 2.05) is 6.92 Å². The fraction of sp³-hybridized carbons (Fsp3) is 0.600. The van der Waals surface area contributed by atoms with E-state index in [1.54, 1.807) is 6.20 Å². The average molecular weight is 242 g/mol. The smallest absolute Gasteiger partial charge is 0.224 e. The standard InChI is InChI=1S/C10H16ClN5/c1-8-7-12-10(11)13-9(8)14-16-5-3-15(2)4-6-16/h7H,3-6H2,1-2H3,(H,12,13,14). The summed E-state index contributed by atoms with van der Waals surface area (Å²) in [5.74, 6) is 0.796. The summed E-state index contributed by atoms with van der Waals surface area (Å²) in [7, 11) is 2.13. The molecule has 16 heavy (non-hydrogen) atoms. The molecular formula is C10H16ClN5. The molecule has 0 spiro atoms. The van der Waals surface area contributed by atoms with Crippen molar-refractivity contribution in [3.05, 3.63) is 17.0 Å². The molecule has 0 atom stereocenters. The lowest BCUT2D eigenvalue weighted by Crippen LogP contribution is -2.47. The summed E-state index contributed by atoms with van der Waals surface area (Å²) in [6, 6.07) is 0. The van der Waals surface area contributed by atoms with Gasteiger partial charge >= 0.3 is 0 Å². The molecule has 0 aliphatic carbocycles. The van der Waals surface area contributed by atoms with Gasteiger partial charge in [-0.05, 0) is 25.6 Å². The average Bonchev–Trinajstić information content (AvgIpc) is 2.27. The molecule has 0 saturated carbocycles. The SMILES string of the molecule is Cc1cnc(Cl)nc1NN1CCN(C)CC1. The molecular weight excluding hydrogens is 226 g/mol. The minimum atomic E-state index is 0.280. The Morgan fingerprint density at radius 3 is 2.69 bits per heavy atom. The van der Waals surface area contributed by atoms with Crippen molar-refractivity contribution < 1.29 is 0 Å². The fourth-order valence-corrected chi connectivity index (χ4v) is 1.74. The van der Waals surface area contributed by atoms with E-state index in [4.69, 9.17) is 11.6 Å². The van der Waals surface area contributed by atoms with E-state index in [1.165, 1.54) is 0 Å². The Morgan fingerprint density at radius 1 is 1.31 bits per heavy atom. The van der Waals surface area contributed by atoms with Gasteiger partial charge in [0.1, 0.15) is 5.82 Å². The predicted molar refractivity (Wildman–Crippen MR) is 64.5 cm³/mol. The number of likely N-dealkylation sites (N-methyl/N-ethyl adjacent to an activating group) is 1. The van der Waals surface area contributed by atoms with E-state index in [0.29, 0.717) is 0 Å². The number of piperazine rings is 1. The quantitative estimate of drug-likeness (QED) is 0.783. The Labute approximate surface area is 100 Å². The lowest BCUT2D eigenvalue weighted by atomic mass is 10.3. The Hall–Kier alpha value is -0.910. The molecule has 2 heterocycles. The highest BCUT2D eigenvalue weighted by Crippen LogP contribution is 2.14. The molecule has 5 nitrogen and oxygen atoms in total. The monoisotopic (exact) mass is 241 g/mol. The number of aryl methyl sites for hydroxylation is 1. The zero-order chi connectivity index (χ0) is 11.5. The Balaban J connectivity index is 2.00. The summed E-state index contributed by atoms with van der Waals surface area (Å²) in [4.78, 5) is 10.4. The first-order chi connectivity index (χ1) is 7.65. The third-order valence-electron chi connectivity index (χ3n) is 2.71. The molecule has 1 fully saturated rings. The molecule has 1 aromatic heterocycles. The van der Waals surface area contributed by atoms with Crippen LogP contribution in [-0.4, -0.2) is 53.1 Å². The van der Waals surface area contributed by atoms with E-state index in [0.717, 1.165) is 37.6 Å². The summed E-state index contributed by atoms with van der Waals surface area (Å²) < 4.78 is 0. The maximum atomic E-state index is 5.77. The second kappa shape index (κ2) is 4.95. The summed E-state index contributed by atoms with van der Waals surface area (Å²) in [5, 5.41) is 2.44. The molecule has 1 aromatic rings. The third-order valence-corrected chi connectivity index (χ3v) is 2.89. The van der Waals surface area contributed by atoms with Gasteiger partial charge in [0.05, 0.1) is 0 Å². The molecule has 1 N–H and O–H groups in total. The van der Waals surface area contributed by atoms with Gasteiger partial charge in [0.15, 0.2) is 0 Å². The van der Waals surface area contributed by atoms with Crippen LogP contribution in [0.4, 0.5) is 5.82 Å². The zero-order valence-corrected chi connectivity index (χ0v) is 10.3. The van der Waals surface area contributed by atoms with Gasteiger partial charge < -0.3 is 10.3 Å². The molecule has 1 aliphatic heterocycles. The number of hydrogen-bond acceptors (Lipinski definition) is 5. The van der Waals surface area contributed by atoms with Crippen LogP contribution in [0, 0.1) is 6.92 Å². The Kier molecular flexibility index (Phi) is 3.58. The molecule has 1 saturated heterocycles. The highest BCUT2D eigenvalue weighted by molar-refractivity contribution is 6.28. The molecule has 2 rings (SSSR count). The van der Waals surface area contributed by atoms with Gasteiger partial charge in [-0.2, -0.15) is 4.98 Å². The lowest BCUT2D eigenvalue weighted by Gasteiger charge is -2.32. The van der Waals surface area contributed by atoms with Gasteiger partial charge in [-0.15, -0.1) is 0 Å². The normalized spacial score (nSPS) is 18.7. The van der Waals surface area contributed by atoms with E-state index in [9.17, 15) is 0 Å². The second-order valence-electron chi connectivity index (χ2n) is 4.07. The highest BCUT2D eigenvalue weighted by Gasteiger charge is 2.14. The van der Waals surface area contributed by atoms with Crippen molar-refractivity contribution in [2.75, 3.05) is 38.7 Å². The maximum absolute atomic E-state index is 5.77. The molecule has 6 heteroatoms. The summed E-state index contributed by atoms with van der Waals surface area (Å²) >= 11 is 5.77. The second-order valence-corrected chi connectivity index (χ2v) is 4.41. The minimum Gasteiger partial charge on any atom is -0.304 e. The molecule has 88 valence electrons. The van der Waals surface area contributed by atoms with E-state index in [2.05, 4.69) is 32.4 Å². The van der Waals surface area contributed by atoms with E-state index < -0.39 is 0 Å². The Bertz CT molecular complexity index is 362. The van der Waals surface area contributed by atoms with Crippen LogP contribution in [-0.2, 0) is 0 Å². The molecule has 0 unspecified atom stereocenters. The number of halogens is 1. The van der Waals surface area contributed by atoms with E-state index >= 15 is 0 Å². The van der Waals surface area contributed by atoms with Gasteiger partial charge in [-0.25, -0.2) is 9.99 Å². The lowest BCUT2D eigenvalue weighted by molar-refractivity contribution is 0.178. The van der Waals surface area contributed by atoms with Crippen molar-refractivity contribution in [3.63, 3.8) is 0 Å². The number of rotatable bonds is 2. The number of nitrogens with zero attached hydrogens (tertiary/aromatic N) is 4. The predicted octanol–water partition coefficient (Wildman–Crippen LogP) is 1.01. The van der Waals surface area contributed by atoms with Crippen molar-refractivity contribution in [1.82, 2.24) is 19.9 Å². The molecule has 1 aliphatic rings. The van der Waals surface area contributed by atoms with Gasteiger partial charge in [-0.1, -0.05) is 0 Å². The van der Waals surface area contributed by atoms with Crippen LogP contribution in [0.2, 0.25) is 5.28 Å². The first kappa shape index (κ1) is 11.6. The van der Waals surface area contributed by atoms with Crippen molar-refractivity contribution >= 4 is 17.4 Å². The number of aromatic nitrogens is 2. The van der Waals surface area contributed by atoms with Crippen LogP contribution in [0.1, 0.15) is 5.56 Å². The number of hydrogen-bond donors (Lipinski definition) is 1. The van der Waals surface area contributed by atoms with Crippen molar-refractivity contribution in [1.29, 1.82) is 0 Å². The van der Waals surface area contributed by atoms with Crippen molar-refractivity contribution in [3.8, 4) is 0 Å². The minimum absolute atomic E-state index is 0.280. The molecule has 0 amide bonds. The topological polar surface area (TPSA) is 44.3 Å². The molecule has 0 aromatic carbocycles. The van der Waals surface area contributed by atoms with Crippen molar-refractivity contribution in [2.45, 2.75) is 6.92 Å². The Morgan fingerprint density at radius 2 is 2.00 bits per heavy atom. The highest BCUT2D eigenvalue weighted by atomic mass is 35.5. The van der Waals surface area contributed by atoms with Crippen LogP contribution in [0.25, 0.3) is 0 Å². The van der Waals surface area contributed by atoms with Crippen LogP contribution in [0.5, 0.6) is 0 Å². The number of hydrazine groups is 1. The largest absolute Gasteiger partial charge is 0.304 e. The summed E-state index contributed by atoms with van der Waals surface area (Å²) in [5.41, 5.74) is 4.28. The summed E-state index contributed by atoms with van der Waals surface area (Å²) in [6.45, 7) is 6.06. The first-order valence-electron chi connectivity index (χ1n) is 5.34. The van der Waals surface area contributed by atoms with Crippen molar-refractivity contribution in [2.24, 2.45) is 0 Å². The van der Waals surface area contributed by atoms with Crippen LogP contribution in [0.15, 0.2) is 6.20 Å². The van der Waals surface area contributed by atoms with E-state index in [-0.39, 0.29) is 5.28 Å². The van der Waals surface area contributed by atoms with Crippen LogP contribution in [0.3, 0.4) is 0 Å². The number of anilines is 1. The maximum Gasteiger partial charge on any atom is 0.224 e. The molecule has 0 radical (unpaired) electrons. The number of nitrogens with one attached hydrogen (secondary N) is 1. The fourth-order valence-electron chi connectivity index (χ4n) is 1.60. The van der Waals surface area contributed by atoms with Crippen LogP contribution >= 0.6 is 11.6 Å². The summed E-state index contributed by atoms with van der Waals surface area (Å²) in [6.07, 6.45) is 1.73. The van der Waals surface area contributed by atoms with Gasteiger partial charge in [0.2, 0.25) is 5.28 Å². The third kappa shape index (κ3) is 2.81. The van der Waals surface area contributed by atoms with Gasteiger partial charge in [-0.3, -0.25) is 0 Å². The first-order valence-corrected chi connectivity index (χ1v) is 5.72. The van der Waals surface area contributed by atoms with Crippen LogP contribution < -0.4 is 5.43 Å².